The summed E-state index contributed by atoms with van der Waals surface area (Å²) in [6.45, 7) is 2.86. The van der Waals surface area contributed by atoms with Crippen molar-refractivity contribution in [1.82, 2.24) is 4.90 Å². The maximum atomic E-state index is 12.7. The van der Waals surface area contributed by atoms with E-state index in [9.17, 15) is 9.59 Å². The predicted molar refractivity (Wildman–Crippen MR) is 80.8 cm³/mol. The number of carbonyl (C=O) groups is 2. The van der Waals surface area contributed by atoms with E-state index in [-0.39, 0.29) is 23.8 Å². The molecule has 5 nitrogen and oxygen atoms in total. The topological polar surface area (TPSA) is 66.8 Å². The normalized spacial score (nSPS) is 25.2. The molecule has 1 aromatic carbocycles. The van der Waals surface area contributed by atoms with E-state index >= 15 is 0 Å². The molecule has 118 valence electrons. The van der Waals surface area contributed by atoms with Crippen molar-refractivity contribution in [3.8, 4) is 5.75 Å². The maximum absolute atomic E-state index is 12.7. The van der Waals surface area contributed by atoms with Crippen LogP contribution in [0.2, 0.25) is 0 Å². The highest BCUT2D eigenvalue weighted by Gasteiger charge is 2.61. The van der Waals surface area contributed by atoms with Crippen molar-refractivity contribution in [1.29, 1.82) is 0 Å². The van der Waals surface area contributed by atoms with Gasteiger partial charge in [-0.25, -0.2) is 0 Å². The Balaban J connectivity index is 1.81. The minimum atomic E-state index is -0.955. The maximum Gasteiger partial charge on any atom is 0.323 e. The molecule has 0 aromatic heterocycles. The van der Waals surface area contributed by atoms with Crippen molar-refractivity contribution < 1.29 is 19.4 Å². The summed E-state index contributed by atoms with van der Waals surface area (Å²) in [5.74, 6) is -0.224. The second-order valence-corrected chi connectivity index (χ2v) is 6.16. The van der Waals surface area contributed by atoms with E-state index in [0.717, 1.165) is 30.6 Å². The molecular formula is C17H21NO4. The van der Waals surface area contributed by atoms with Crippen LogP contribution in [0.1, 0.15) is 31.7 Å². The zero-order chi connectivity index (χ0) is 15.7. The van der Waals surface area contributed by atoms with Crippen LogP contribution in [0.25, 0.3) is 0 Å². The van der Waals surface area contributed by atoms with E-state index in [2.05, 4.69) is 0 Å². The summed E-state index contributed by atoms with van der Waals surface area (Å²) in [4.78, 5) is 25.2. The van der Waals surface area contributed by atoms with Gasteiger partial charge >= 0.3 is 5.97 Å². The molecule has 1 aliphatic heterocycles. The van der Waals surface area contributed by atoms with Crippen LogP contribution in [0.5, 0.6) is 5.75 Å². The van der Waals surface area contributed by atoms with Gasteiger partial charge in [-0.05, 0) is 25.3 Å². The number of hydrogen-bond acceptors (Lipinski definition) is 3. The van der Waals surface area contributed by atoms with Crippen LogP contribution in [-0.2, 0) is 15.0 Å². The second-order valence-electron chi connectivity index (χ2n) is 6.16. The Morgan fingerprint density at radius 1 is 1.41 bits per heavy atom. The van der Waals surface area contributed by atoms with Gasteiger partial charge < -0.3 is 14.7 Å². The molecule has 2 atom stereocenters. The summed E-state index contributed by atoms with van der Waals surface area (Å²) < 4.78 is 5.68. The highest BCUT2D eigenvalue weighted by molar-refractivity contribution is 5.87. The number of fused-ring (bicyclic) bond motifs is 2. The van der Waals surface area contributed by atoms with Gasteiger partial charge in [0, 0.05) is 23.4 Å². The third-order valence-corrected chi connectivity index (χ3v) is 4.73. The molecule has 0 saturated heterocycles. The highest BCUT2D eigenvalue weighted by Crippen LogP contribution is 2.61. The van der Waals surface area contributed by atoms with E-state index in [4.69, 9.17) is 9.84 Å². The Hall–Kier alpha value is -2.04. The van der Waals surface area contributed by atoms with Gasteiger partial charge in [-0.2, -0.15) is 0 Å². The average molecular weight is 303 g/mol. The Morgan fingerprint density at radius 3 is 2.91 bits per heavy atom. The smallest absolute Gasteiger partial charge is 0.323 e. The minimum absolute atomic E-state index is 0.0269. The number of amides is 1. The van der Waals surface area contributed by atoms with Gasteiger partial charge in [0.25, 0.3) is 0 Å². The van der Waals surface area contributed by atoms with E-state index in [0.29, 0.717) is 13.2 Å². The molecule has 1 heterocycles. The Morgan fingerprint density at radius 2 is 2.18 bits per heavy atom. The molecule has 3 rings (SSSR count). The number of benzene rings is 1. The average Bonchev–Trinajstić information content (AvgIpc) is 3.21. The van der Waals surface area contributed by atoms with Crippen LogP contribution >= 0.6 is 0 Å². The molecule has 5 heteroatoms. The number of aliphatic carboxylic acids is 1. The van der Waals surface area contributed by atoms with Crippen LogP contribution in [-0.4, -0.2) is 41.6 Å². The fourth-order valence-corrected chi connectivity index (χ4v) is 3.61. The van der Waals surface area contributed by atoms with Gasteiger partial charge in [0.15, 0.2) is 0 Å². The van der Waals surface area contributed by atoms with Gasteiger partial charge in [0.2, 0.25) is 5.91 Å². The molecule has 1 N–H and O–H groups in total. The fourth-order valence-electron chi connectivity index (χ4n) is 3.61. The zero-order valence-corrected chi connectivity index (χ0v) is 12.7. The molecule has 1 fully saturated rings. The van der Waals surface area contributed by atoms with E-state index in [1.54, 1.807) is 0 Å². The number of hydrogen-bond donors (Lipinski definition) is 1. The summed E-state index contributed by atoms with van der Waals surface area (Å²) in [5.41, 5.74) is 0.961. The first-order valence-corrected chi connectivity index (χ1v) is 7.81. The van der Waals surface area contributed by atoms with Crippen LogP contribution < -0.4 is 4.74 Å². The molecule has 1 spiro atoms. The standard InChI is InChI=1S/C17H21NO4/c1-2-8-18(11-15(19)20)16(21)13-10-17(13)7-9-22-14-6-4-3-5-12(14)17/h3-6,13H,2,7-11H2,1H3,(H,19,20). The third-order valence-electron chi connectivity index (χ3n) is 4.73. The second kappa shape index (κ2) is 5.63. The van der Waals surface area contributed by atoms with Crippen molar-refractivity contribution in [2.45, 2.75) is 31.6 Å². The van der Waals surface area contributed by atoms with E-state index in [1.807, 2.05) is 31.2 Å². The number of para-hydroxylation sites is 1. The van der Waals surface area contributed by atoms with Crippen molar-refractivity contribution in [3.05, 3.63) is 29.8 Å². The minimum Gasteiger partial charge on any atom is -0.493 e. The van der Waals surface area contributed by atoms with Crippen molar-refractivity contribution >= 4 is 11.9 Å². The molecular weight excluding hydrogens is 282 g/mol. The summed E-state index contributed by atoms with van der Waals surface area (Å²) in [6, 6.07) is 7.88. The Bertz CT molecular complexity index is 600. The van der Waals surface area contributed by atoms with Gasteiger partial charge in [-0.15, -0.1) is 0 Å². The number of carboxylic acids is 1. The molecule has 0 radical (unpaired) electrons. The molecule has 1 saturated carbocycles. The summed E-state index contributed by atoms with van der Waals surface area (Å²) in [6.07, 6.45) is 2.39. The largest absolute Gasteiger partial charge is 0.493 e. The molecule has 22 heavy (non-hydrogen) atoms. The fraction of sp³-hybridized carbons (Fsp3) is 0.529. The number of rotatable bonds is 5. The number of carboxylic acid groups (broad SMARTS) is 1. The molecule has 2 aliphatic rings. The first-order valence-electron chi connectivity index (χ1n) is 7.81. The number of nitrogens with zero attached hydrogens (tertiary/aromatic N) is 1. The Labute approximate surface area is 129 Å². The lowest BCUT2D eigenvalue weighted by Crippen LogP contribution is -2.39. The lowest BCUT2D eigenvalue weighted by molar-refractivity contribution is -0.145. The predicted octanol–water partition coefficient (Wildman–Crippen LogP) is 2.05. The number of carbonyl (C=O) groups excluding carboxylic acids is 1. The molecule has 1 amide bonds. The van der Waals surface area contributed by atoms with Gasteiger partial charge in [-0.3, -0.25) is 9.59 Å². The first-order chi connectivity index (χ1) is 10.6. The van der Waals surface area contributed by atoms with Crippen LogP contribution in [0.4, 0.5) is 0 Å². The van der Waals surface area contributed by atoms with Crippen LogP contribution in [0.15, 0.2) is 24.3 Å². The SMILES string of the molecule is CCCN(CC(=O)O)C(=O)C1CC12CCOc1ccccc12. The quantitative estimate of drug-likeness (QED) is 0.904. The van der Waals surface area contributed by atoms with Gasteiger partial charge in [0.1, 0.15) is 12.3 Å². The summed E-state index contributed by atoms with van der Waals surface area (Å²) in [5, 5.41) is 9.01. The highest BCUT2D eigenvalue weighted by atomic mass is 16.5. The van der Waals surface area contributed by atoms with E-state index in [1.165, 1.54) is 4.90 Å². The molecule has 1 aliphatic carbocycles. The van der Waals surface area contributed by atoms with Crippen LogP contribution in [0, 0.1) is 5.92 Å². The molecule has 1 aromatic rings. The van der Waals surface area contributed by atoms with Crippen molar-refractivity contribution in [3.63, 3.8) is 0 Å². The lowest BCUT2D eigenvalue weighted by atomic mass is 9.87. The molecule has 2 unspecified atom stereocenters. The summed E-state index contributed by atoms with van der Waals surface area (Å²) >= 11 is 0. The van der Waals surface area contributed by atoms with Crippen LogP contribution in [0.3, 0.4) is 0 Å². The van der Waals surface area contributed by atoms with Gasteiger partial charge in [-0.1, -0.05) is 25.1 Å². The first kappa shape index (κ1) is 14.9. The zero-order valence-electron chi connectivity index (χ0n) is 12.7. The van der Waals surface area contributed by atoms with E-state index < -0.39 is 5.97 Å². The summed E-state index contributed by atoms with van der Waals surface area (Å²) in [7, 11) is 0. The monoisotopic (exact) mass is 303 g/mol. The third kappa shape index (κ3) is 2.45. The lowest BCUT2D eigenvalue weighted by Gasteiger charge is -2.28. The van der Waals surface area contributed by atoms with Crippen molar-refractivity contribution in [2.24, 2.45) is 5.92 Å². The Kier molecular flexibility index (Phi) is 3.81. The molecule has 0 bridgehead atoms. The number of ether oxygens (including phenoxy) is 1. The van der Waals surface area contributed by atoms with Gasteiger partial charge in [0.05, 0.1) is 6.61 Å². The van der Waals surface area contributed by atoms with Crippen molar-refractivity contribution in [2.75, 3.05) is 19.7 Å².